The molecular weight excluding hydrogens is 258 g/mol. The van der Waals surface area contributed by atoms with Crippen LogP contribution in [0.2, 0.25) is 0 Å². The topological polar surface area (TPSA) is 96.4 Å². The number of halogens is 2. The molecular formula is C8H8F2N2O4S. The maximum atomic E-state index is 12.0. The maximum absolute atomic E-state index is 12.0. The summed E-state index contributed by atoms with van der Waals surface area (Å²) in [6, 6.07) is 2.39. The van der Waals surface area contributed by atoms with Crippen LogP contribution >= 0.6 is 0 Å². The van der Waals surface area contributed by atoms with Crippen molar-refractivity contribution in [1.29, 1.82) is 0 Å². The first kappa shape index (κ1) is 13.3. The fourth-order valence-electron chi connectivity index (χ4n) is 0.953. The normalized spacial score (nSPS) is 11.5. The Bertz CT molecular complexity index is 501. The number of carboxylic acids is 1. The molecule has 0 saturated carbocycles. The quantitative estimate of drug-likeness (QED) is 0.816. The number of anilines is 1. The second-order valence-electron chi connectivity index (χ2n) is 3.02. The zero-order chi connectivity index (χ0) is 13.1. The first-order valence-corrected chi connectivity index (χ1v) is 5.82. The number of sulfonamides is 1. The van der Waals surface area contributed by atoms with Crippen molar-refractivity contribution in [3.63, 3.8) is 0 Å². The summed E-state index contributed by atoms with van der Waals surface area (Å²) in [5, 5.41) is 8.44. The predicted molar refractivity (Wildman–Crippen MR) is 54.1 cm³/mol. The monoisotopic (exact) mass is 266 g/mol. The number of carboxylic acid groups (broad SMARTS) is 1. The lowest BCUT2D eigenvalue weighted by atomic mass is 10.3. The van der Waals surface area contributed by atoms with Crippen LogP contribution in [0.25, 0.3) is 0 Å². The fourth-order valence-corrected chi connectivity index (χ4v) is 1.49. The van der Waals surface area contributed by atoms with Gasteiger partial charge in [0.2, 0.25) is 0 Å². The van der Waals surface area contributed by atoms with Crippen molar-refractivity contribution >= 4 is 21.7 Å². The van der Waals surface area contributed by atoms with Gasteiger partial charge >= 0.3 is 11.7 Å². The molecule has 0 amide bonds. The molecule has 2 N–H and O–H groups in total. The molecule has 0 aromatic carbocycles. The van der Waals surface area contributed by atoms with E-state index in [4.69, 9.17) is 5.11 Å². The third kappa shape index (κ3) is 3.94. The standard InChI is InChI=1S/C8H8F2N2O4S/c9-8(10)17(15,16)12-6-2-1-5(11-4-6)3-7(13)14/h1-2,4,8,12H,3H2,(H,13,14). The molecule has 0 bridgehead atoms. The van der Waals surface area contributed by atoms with Gasteiger partial charge in [0.05, 0.1) is 24.0 Å². The van der Waals surface area contributed by atoms with Gasteiger partial charge in [0, 0.05) is 0 Å². The van der Waals surface area contributed by atoms with Crippen LogP contribution in [0, 0.1) is 0 Å². The van der Waals surface area contributed by atoms with Crippen molar-refractivity contribution in [3.05, 3.63) is 24.0 Å². The fraction of sp³-hybridized carbons (Fsp3) is 0.250. The van der Waals surface area contributed by atoms with Gasteiger partial charge in [-0.3, -0.25) is 14.5 Å². The summed E-state index contributed by atoms with van der Waals surface area (Å²) in [6.07, 6.45) is 0.639. The Labute approximate surface area is 95.3 Å². The van der Waals surface area contributed by atoms with Crippen molar-refractivity contribution in [2.45, 2.75) is 12.2 Å². The predicted octanol–water partition coefficient (Wildman–Crippen LogP) is 0.673. The number of alkyl halides is 2. The first-order chi connectivity index (χ1) is 7.81. The summed E-state index contributed by atoms with van der Waals surface area (Å²) in [6.45, 7) is 0. The second kappa shape index (κ2) is 5.04. The number of hydrogen-bond acceptors (Lipinski definition) is 4. The van der Waals surface area contributed by atoms with Crippen LogP contribution in [0.3, 0.4) is 0 Å². The number of nitrogens with zero attached hydrogens (tertiary/aromatic N) is 1. The van der Waals surface area contributed by atoms with Crippen molar-refractivity contribution in [2.24, 2.45) is 0 Å². The molecule has 0 unspecified atom stereocenters. The number of carbonyl (C=O) groups is 1. The number of pyridine rings is 1. The Morgan fingerprint density at radius 2 is 2.12 bits per heavy atom. The Morgan fingerprint density at radius 1 is 1.47 bits per heavy atom. The SMILES string of the molecule is O=C(O)Cc1ccc(NS(=O)(=O)C(F)F)cn1. The smallest absolute Gasteiger partial charge is 0.355 e. The van der Waals surface area contributed by atoms with Crippen LogP contribution in [0.4, 0.5) is 14.5 Å². The Kier molecular flexibility index (Phi) is 3.94. The molecule has 0 aliphatic heterocycles. The summed E-state index contributed by atoms with van der Waals surface area (Å²) in [4.78, 5) is 13.9. The van der Waals surface area contributed by atoms with Gasteiger partial charge in [-0.2, -0.15) is 8.78 Å². The minimum atomic E-state index is -4.73. The molecule has 94 valence electrons. The number of nitrogens with one attached hydrogen (secondary N) is 1. The summed E-state index contributed by atoms with van der Waals surface area (Å²) >= 11 is 0. The summed E-state index contributed by atoms with van der Waals surface area (Å²) in [7, 11) is -4.73. The molecule has 17 heavy (non-hydrogen) atoms. The number of aliphatic carboxylic acids is 1. The van der Waals surface area contributed by atoms with Crippen molar-refractivity contribution in [2.75, 3.05) is 4.72 Å². The van der Waals surface area contributed by atoms with E-state index in [-0.39, 0.29) is 17.8 Å². The average molecular weight is 266 g/mol. The lowest BCUT2D eigenvalue weighted by molar-refractivity contribution is -0.136. The molecule has 0 aliphatic carbocycles. The molecule has 1 heterocycles. The Balaban J connectivity index is 2.79. The lowest BCUT2D eigenvalue weighted by Crippen LogP contribution is -2.20. The van der Waals surface area contributed by atoms with Crippen molar-refractivity contribution in [3.8, 4) is 0 Å². The van der Waals surface area contributed by atoms with Gasteiger partial charge in [-0.05, 0) is 12.1 Å². The van der Waals surface area contributed by atoms with Crippen molar-refractivity contribution < 1.29 is 27.1 Å². The van der Waals surface area contributed by atoms with Gasteiger partial charge < -0.3 is 5.11 Å². The molecule has 1 aromatic rings. The van der Waals surface area contributed by atoms with Crippen LogP contribution in [0.15, 0.2) is 18.3 Å². The summed E-state index contributed by atoms with van der Waals surface area (Å²) < 4.78 is 47.2. The van der Waals surface area contributed by atoms with E-state index in [1.807, 2.05) is 0 Å². The minimum absolute atomic E-state index is 0.153. The molecule has 6 nitrogen and oxygen atoms in total. The van der Waals surface area contributed by atoms with E-state index in [0.717, 1.165) is 12.3 Å². The highest BCUT2D eigenvalue weighted by molar-refractivity contribution is 7.93. The van der Waals surface area contributed by atoms with Crippen LogP contribution in [-0.2, 0) is 21.2 Å². The van der Waals surface area contributed by atoms with Crippen LogP contribution in [0.5, 0.6) is 0 Å². The lowest BCUT2D eigenvalue weighted by Gasteiger charge is -2.06. The van der Waals surface area contributed by atoms with E-state index in [2.05, 4.69) is 4.98 Å². The van der Waals surface area contributed by atoms with Crippen LogP contribution in [-0.4, -0.2) is 30.2 Å². The Morgan fingerprint density at radius 3 is 2.53 bits per heavy atom. The average Bonchev–Trinajstić information content (AvgIpc) is 2.19. The molecule has 1 rings (SSSR count). The van der Waals surface area contributed by atoms with E-state index in [1.165, 1.54) is 6.07 Å². The largest absolute Gasteiger partial charge is 0.481 e. The number of rotatable bonds is 5. The van der Waals surface area contributed by atoms with Gasteiger partial charge in [0.15, 0.2) is 0 Å². The molecule has 0 fully saturated rings. The number of aromatic nitrogens is 1. The van der Waals surface area contributed by atoms with Crippen LogP contribution in [0.1, 0.15) is 5.69 Å². The zero-order valence-electron chi connectivity index (χ0n) is 8.30. The maximum Gasteiger partial charge on any atom is 0.355 e. The molecule has 0 aliphatic rings. The van der Waals surface area contributed by atoms with E-state index < -0.39 is 21.8 Å². The molecule has 0 saturated heterocycles. The highest BCUT2D eigenvalue weighted by Crippen LogP contribution is 2.13. The second-order valence-corrected chi connectivity index (χ2v) is 4.67. The zero-order valence-corrected chi connectivity index (χ0v) is 9.12. The van der Waals surface area contributed by atoms with E-state index in [1.54, 1.807) is 4.72 Å². The van der Waals surface area contributed by atoms with Crippen molar-refractivity contribution in [1.82, 2.24) is 4.98 Å². The molecule has 9 heteroatoms. The third-order valence-corrected chi connectivity index (χ3v) is 2.64. The number of hydrogen-bond donors (Lipinski definition) is 2. The molecule has 1 aromatic heterocycles. The van der Waals surface area contributed by atoms with Gasteiger partial charge in [-0.25, -0.2) is 8.42 Å². The molecule has 0 atom stereocenters. The summed E-state index contributed by atoms with van der Waals surface area (Å²) in [5.74, 6) is -4.64. The van der Waals surface area contributed by atoms with Gasteiger partial charge in [0.25, 0.3) is 10.0 Å². The Hall–Kier alpha value is -1.77. The van der Waals surface area contributed by atoms with Gasteiger partial charge in [-0.15, -0.1) is 0 Å². The van der Waals surface area contributed by atoms with Gasteiger partial charge in [0.1, 0.15) is 0 Å². The minimum Gasteiger partial charge on any atom is -0.481 e. The van der Waals surface area contributed by atoms with Gasteiger partial charge in [-0.1, -0.05) is 0 Å². The molecule has 0 radical (unpaired) electrons. The first-order valence-electron chi connectivity index (χ1n) is 4.28. The highest BCUT2D eigenvalue weighted by atomic mass is 32.2. The van der Waals surface area contributed by atoms with E-state index in [0.29, 0.717) is 0 Å². The summed E-state index contributed by atoms with van der Waals surface area (Å²) in [5.41, 5.74) is 0.0388. The third-order valence-electron chi connectivity index (χ3n) is 1.65. The van der Waals surface area contributed by atoms with Crippen LogP contribution < -0.4 is 4.72 Å². The molecule has 0 spiro atoms. The van der Waals surface area contributed by atoms with E-state index >= 15 is 0 Å². The highest BCUT2D eigenvalue weighted by Gasteiger charge is 2.23. The van der Waals surface area contributed by atoms with E-state index in [9.17, 15) is 22.0 Å².